The van der Waals surface area contributed by atoms with E-state index < -0.39 is 10.0 Å². The van der Waals surface area contributed by atoms with Gasteiger partial charge in [0.15, 0.2) is 0 Å². The van der Waals surface area contributed by atoms with Crippen molar-refractivity contribution in [3.8, 4) is 0 Å². The summed E-state index contributed by atoms with van der Waals surface area (Å²) in [6, 6.07) is 0. The molecule has 1 saturated heterocycles. The molecule has 0 aromatic heterocycles. The standard InChI is InChI=1S/C4H10N2O2S3/c1-5(2)10-6-9-3-4-11(6,7)8/h3-4H2,1-2H3. The molecule has 7 heteroatoms. The van der Waals surface area contributed by atoms with Crippen molar-refractivity contribution < 1.29 is 8.42 Å². The smallest absolute Gasteiger partial charge is 0.234 e. The van der Waals surface area contributed by atoms with Crippen LogP contribution in [0, 0.1) is 0 Å². The zero-order chi connectivity index (χ0) is 8.48. The molecular weight excluding hydrogens is 204 g/mol. The lowest BCUT2D eigenvalue weighted by atomic mass is 11.0. The molecule has 1 fully saturated rings. The van der Waals surface area contributed by atoms with Gasteiger partial charge in [-0.3, -0.25) is 0 Å². The van der Waals surface area contributed by atoms with Crippen LogP contribution in [0.3, 0.4) is 0 Å². The minimum Gasteiger partial charge on any atom is -0.242 e. The molecule has 0 atom stereocenters. The van der Waals surface area contributed by atoms with Crippen molar-refractivity contribution >= 4 is 34.1 Å². The first kappa shape index (κ1) is 9.66. The molecule has 0 unspecified atom stereocenters. The van der Waals surface area contributed by atoms with E-state index in [4.69, 9.17) is 0 Å². The van der Waals surface area contributed by atoms with Crippen molar-refractivity contribution in [2.45, 2.75) is 0 Å². The van der Waals surface area contributed by atoms with Gasteiger partial charge < -0.3 is 0 Å². The van der Waals surface area contributed by atoms with Gasteiger partial charge in [0.05, 0.1) is 5.75 Å². The fourth-order valence-corrected chi connectivity index (χ4v) is 5.22. The Bertz CT molecular complexity index is 225. The first-order valence-electron chi connectivity index (χ1n) is 3.04. The van der Waals surface area contributed by atoms with Gasteiger partial charge in [-0.25, -0.2) is 12.7 Å². The van der Waals surface area contributed by atoms with E-state index in [1.54, 1.807) is 4.31 Å². The summed E-state index contributed by atoms with van der Waals surface area (Å²) in [6.07, 6.45) is 0. The molecule has 0 spiro atoms. The molecule has 66 valence electrons. The second-order valence-corrected chi connectivity index (χ2v) is 7.16. The van der Waals surface area contributed by atoms with E-state index >= 15 is 0 Å². The minimum absolute atomic E-state index is 0.262. The first-order valence-corrected chi connectivity index (χ1v) is 6.32. The highest BCUT2D eigenvalue weighted by atomic mass is 32.3. The molecule has 1 rings (SSSR count). The summed E-state index contributed by atoms with van der Waals surface area (Å²) in [6.45, 7) is 0. The molecule has 0 bridgehead atoms. The Balaban J connectivity index is 2.59. The number of sulfonamides is 1. The largest absolute Gasteiger partial charge is 0.242 e. The Hall–Kier alpha value is 0.570. The van der Waals surface area contributed by atoms with Gasteiger partial charge in [-0.1, -0.05) is 3.12 Å². The summed E-state index contributed by atoms with van der Waals surface area (Å²) in [5.74, 6) is 0.932. The molecule has 0 N–H and O–H groups in total. The van der Waals surface area contributed by atoms with Gasteiger partial charge in [-0.05, 0) is 26.0 Å². The fraction of sp³-hybridized carbons (Fsp3) is 1.00. The molecule has 1 heterocycles. The second-order valence-electron chi connectivity index (χ2n) is 2.24. The van der Waals surface area contributed by atoms with Gasteiger partial charge in [-0.15, -0.1) is 0 Å². The van der Waals surface area contributed by atoms with Crippen molar-refractivity contribution in [1.29, 1.82) is 0 Å². The van der Waals surface area contributed by atoms with E-state index in [1.165, 1.54) is 27.2 Å². The van der Waals surface area contributed by atoms with Crippen LogP contribution in [0.25, 0.3) is 0 Å². The molecule has 1 aliphatic rings. The zero-order valence-corrected chi connectivity index (χ0v) is 8.80. The van der Waals surface area contributed by atoms with E-state index in [2.05, 4.69) is 0 Å². The molecular formula is C4H10N2O2S3. The van der Waals surface area contributed by atoms with Crippen LogP contribution < -0.4 is 0 Å². The Morgan fingerprint density at radius 3 is 2.55 bits per heavy atom. The number of nitrogens with zero attached hydrogens (tertiary/aromatic N) is 2. The van der Waals surface area contributed by atoms with Crippen molar-refractivity contribution in [2.24, 2.45) is 0 Å². The lowest BCUT2D eigenvalue weighted by Gasteiger charge is -2.15. The number of rotatable bonds is 2. The lowest BCUT2D eigenvalue weighted by Crippen LogP contribution is -2.18. The average Bonchev–Trinajstić information content (AvgIpc) is 2.10. The monoisotopic (exact) mass is 214 g/mol. The third-order valence-electron chi connectivity index (χ3n) is 0.995. The van der Waals surface area contributed by atoms with Crippen LogP contribution in [0.1, 0.15) is 0 Å². The van der Waals surface area contributed by atoms with Gasteiger partial charge in [0, 0.05) is 17.9 Å². The third-order valence-corrected chi connectivity index (χ3v) is 5.88. The van der Waals surface area contributed by atoms with Gasteiger partial charge >= 0.3 is 0 Å². The molecule has 0 aliphatic carbocycles. The molecule has 11 heavy (non-hydrogen) atoms. The minimum atomic E-state index is -2.96. The van der Waals surface area contributed by atoms with Crippen LogP contribution in [0.4, 0.5) is 0 Å². The summed E-state index contributed by atoms with van der Waals surface area (Å²) in [7, 11) is 0.672. The number of hydrogen-bond acceptors (Lipinski definition) is 5. The van der Waals surface area contributed by atoms with E-state index in [1.807, 2.05) is 14.1 Å². The van der Waals surface area contributed by atoms with E-state index in [0.29, 0.717) is 5.75 Å². The van der Waals surface area contributed by atoms with Crippen molar-refractivity contribution in [2.75, 3.05) is 25.6 Å². The SMILES string of the molecule is CN(C)SN1SCCS1(=O)=O. The van der Waals surface area contributed by atoms with Crippen LogP contribution in [0.2, 0.25) is 0 Å². The summed E-state index contributed by atoms with van der Waals surface area (Å²) in [5, 5.41) is 0. The van der Waals surface area contributed by atoms with Crippen LogP contribution >= 0.6 is 24.1 Å². The molecule has 0 aromatic rings. The van der Waals surface area contributed by atoms with Crippen molar-refractivity contribution in [3.05, 3.63) is 0 Å². The normalized spacial score (nSPS) is 24.6. The van der Waals surface area contributed by atoms with E-state index in [0.717, 1.165) is 0 Å². The fourth-order valence-electron chi connectivity index (χ4n) is 0.580. The highest BCUT2D eigenvalue weighted by Crippen LogP contribution is 2.33. The highest BCUT2D eigenvalue weighted by Gasteiger charge is 2.30. The first-order chi connectivity index (χ1) is 5.02. The van der Waals surface area contributed by atoms with Crippen LogP contribution in [0.15, 0.2) is 0 Å². The van der Waals surface area contributed by atoms with Crippen LogP contribution in [0.5, 0.6) is 0 Å². The summed E-state index contributed by atoms with van der Waals surface area (Å²) >= 11 is 2.55. The predicted octanol–water partition coefficient (Wildman–Crippen LogP) is 0.405. The van der Waals surface area contributed by atoms with E-state index in [9.17, 15) is 8.42 Å². The molecule has 1 aliphatic heterocycles. The average molecular weight is 214 g/mol. The highest BCUT2D eigenvalue weighted by molar-refractivity contribution is 8.24. The molecule has 0 aromatic carbocycles. The Morgan fingerprint density at radius 1 is 1.55 bits per heavy atom. The summed E-state index contributed by atoms with van der Waals surface area (Å²) in [4.78, 5) is 0. The lowest BCUT2D eigenvalue weighted by molar-refractivity contribution is 0.583. The van der Waals surface area contributed by atoms with Crippen molar-refractivity contribution in [1.82, 2.24) is 7.42 Å². The molecule has 0 radical (unpaired) electrons. The number of hydrogen-bond donors (Lipinski definition) is 0. The topological polar surface area (TPSA) is 40.6 Å². The maximum atomic E-state index is 11.2. The van der Waals surface area contributed by atoms with Gasteiger partial charge in [0.25, 0.3) is 0 Å². The van der Waals surface area contributed by atoms with Gasteiger partial charge in [-0.2, -0.15) is 0 Å². The van der Waals surface area contributed by atoms with Crippen LogP contribution in [-0.4, -0.2) is 41.4 Å². The zero-order valence-electron chi connectivity index (χ0n) is 6.35. The summed E-state index contributed by atoms with van der Waals surface area (Å²) in [5.41, 5.74) is 0. The Kier molecular flexibility index (Phi) is 3.10. The van der Waals surface area contributed by atoms with Crippen molar-refractivity contribution in [3.63, 3.8) is 0 Å². The quantitative estimate of drug-likeness (QED) is 0.623. The second kappa shape index (κ2) is 3.53. The molecule has 0 saturated carbocycles. The summed E-state index contributed by atoms with van der Waals surface area (Å²) < 4.78 is 25.4. The molecule has 0 amide bonds. The van der Waals surface area contributed by atoms with Gasteiger partial charge in [0.1, 0.15) is 0 Å². The predicted molar refractivity (Wildman–Crippen MR) is 49.4 cm³/mol. The maximum Gasteiger partial charge on any atom is 0.234 e. The maximum absolute atomic E-state index is 11.2. The van der Waals surface area contributed by atoms with E-state index in [-0.39, 0.29) is 5.75 Å². The third kappa shape index (κ3) is 2.51. The Morgan fingerprint density at radius 2 is 2.18 bits per heavy atom. The molecule has 4 nitrogen and oxygen atoms in total. The van der Waals surface area contributed by atoms with Gasteiger partial charge in [0.2, 0.25) is 10.0 Å². The van der Waals surface area contributed by atoms with Crippen LogP contribution in [-0.2, 0) is 10.0 Å². The Labute approximate surface area is 75.8 Å².